The molecule has 0 bridgehead atoms. The van der Waals surface area contributed by atoms with Crippen molar-refractivity contribution in [2.45, 2.75) is 38.4 Å². The summed E-state index contributed by atoms with van der Waals surface area (Å²) in [7, 11) is 0. The molecule has 5 nitrogen and oxygen atoms in total. The molecule has 0 saturated carbocycles. The van der Waals surface area contributed by atoms with Gasteiger partial charge >= 0.3 is 18.2 Å². The van der Waals surface area contributed by atoms with E-state index in [0.29, 0.717) is 28.5 Å². The lowest BCUT2D eigenvalue weighted by atomic mass is 10.1. The summed E-state index contributed by atoms with van der Waals surface area (Å²) in [4.78, 5) is 12.8. The molecule has 0 radical (unpaired) electrons. The number of nitrogens with zero attached hydrogens (tertiary/aromatic N) is 3. The molecule has 4 rings (SSSR count). The molecular weight excluding hydrogens is 512 g/mol. The second-order valence-electron chi connectivity index (χ2n) is 8.93. The van der Waals surface area contributed by atoms with E-state index in [2.05, 4.69) is 0 Å². The lowest BCUT2D eigenvalue weighted by Crippen LogP contribution is -2.25. The smallest absolute Gasteiger partial charge is 0.358 e. The second kappa shape index (κ2) is 10.9. The minimum Gasteiger partial charge on any atom is -0.358 e. The van der Waals surface area contributed by atoms with Crippen molar-refractivity contribution in [2.24, 2.45) is 0 Å². The number of rotatable bonds is 9. The van der Waals surface area contributed by atoms with Gasteiger partial charge in [-0.05, 0) is 40.7 Å². The molecule has 4 aromatic rings. The highest BCUT2D eigenvalue weighted by atomic mass is 19.4. The van der Waals surface area contributed by atoms with E-state index in [0.717, 1.165) is 24.3 Å². The molecule has 0 aliphatic rings. The number of hydrogen-bond acceptors (Lipinski definition) is 3. The minimum absolute atomic E-state index is 0.0503. The molecule has 1 heterocycles. The molecule has 1 aromatic heterocycles. The van der Waals surface area contributed by atoms with Crippen molar-refractivity contribution in [3.63, 3.8) is 0 Å². The predicted octanol–water partition coefficient (Wildman–Crippen LogP) is 7.68. The number of aryl methyl sites for hydroxylation is 1. The van der Waals surface area contributed by atoms with Gasteiger partial charge in [0, 0.05) is 31.1 Å². The summed E-state index contributed by atoms with van der Waals surface area (Å²) in [5, 5.41) is 12.3. The zero-order valence-corrected chi connectivity index (χ0v) is 20.0. The van der Waals surface area contributed by atoms with Crippen LogP contribution in [-0.2, 0) is 32.0 Å². The second-order valence-corrected chi connectivity index (χ2v) is 8.93. The van der Waals surface area contributed by atoms with E-state index in [1.807, 2.05) is 0 Å². The van der Waals surface area contributed by atoms with E-state index in [-0.39, 0.29) is 32.0 Å². The lowest BCUT2D eigenvalue weighted by molar-refractivity contribution is -0.391. The van der Waals surface area contributed by atoms with Crippen molar-refractivity contribution in [1.29, 1.82) is 0 Å². The van der Waals surface area contributed by atoms with Gasteiger partial charge in [-0.25, -0.2) is 4.57 Å². The summed E-state index contributed by atoms with van der Waals surface area (Å²) in [6, 6.07) is 18.1. The van der Waals surface area contributed by atoms with Crippen molar-refractivity contribution >= 4 is 16.7 Å². The number of para-hydroxylation sites is 1. The first-order valence-electron chi connectivity index (χ1n) is 11.7. The molecule has 3 aromatic carbocycles. The van der Waals surface area contributed by atoms with Crippen LogP contribution < -0.4 is 0 Å². The standard InChI is InChI=1S/C27H23F6N3O2/c28-26(29,30)22-9-3-6-19(14-22)17-34(18-20-7-4-10-23(15-20)27(31,32)33)12-5-13-35-24-11-2-1-8-21(24)16-25(35)36(37)38/h1-4,6-11,14-16H,5,12-13,17-18H2. The fraction of sp³-hybridized carbons (Fsp3) is 0.259. The van der Waals surface area contributed by atoms with Gasteiger partial charge in [0.15, 0.2) is 0 Å². The molecule has 0 unspecified atom stereocenters. The van der Waals surface area contributed by atoms with Crippen LogP contribution in [-0.4, -0.2) is 20.9 Å². The fourth-order valence-electron chi connectivity index (χ4n) is 4.46. The lowest BCUT2D eigenvalue weighted by Gasteiger charge is -2.23. The van der Waals surface area contributed by atoms with E-state index < -0.39 is 28.4 Å². The van der Waals surface area contributed by atoms with Crippen LogP contribution in [0.2, 0.25) is 0 Å². The fourth-order valence-corrected chi connectivity index (χ4v) is 4.46. The van der Waals surface area contributed by atoms with Gasteiger partial charge in [0.2, 0.25) is 0 Å². The molecule has 38 heavy (non-hydrogen) atoms. The molecule has 0 aliphatic heterocycles. The molecule has 11 heteroatoms. The average Bonchev–Trinajstić information content (AvgIpc) is 3.22. The summed E-state index contributed by atoms with van der Waals surface area (Å²) in [6.45, 7) is 0.616. The summed E-state index contributed by atoms with van der Waals surface area (Å²) in [5.74, 6) is -0.0893. The summed E-state index contributed by atoms with van der Waals surface area (Å²) in [5.41, 5.74) is -0.262. The first-order chi connectivity index (χ1) is 17.9. The maximum absolute atomic E-state index is 13.2. The zero-order valence-electron chi connectivity index (χ0n) is 20.0. The van der Waals surface area contributed by atoms with Gasteiger partial charge in [-0.15, -0.1) is 0 Å². The Hall–Kier alpha value is -3.86. The zero-order chi connectivity index (χ0) is 27.5. The predicted molar refractivity (Wildman–Crippen MR) is 130 cm³/mol. The van der Waals surface area contributed by atoms with Gasteiger partial charge in [-0.2, -0.15) is 26.3 Å². The molecule has 0 amide bonds. The first kappa shape index (κ1) is 27.2. The quantitative estimate of drug-likeness (QED) is 0.126. The summed E-state index contributed by atoms with van der Waals surface area (Å²) in [6.07, 6.45) is -8.69. The van der Waals surface area contributed by atoms with E-state index in [9.17, 15) is 36.5 Å². The Labute approximate surface area is 214 Å². The molecular formula is C27H23F6N3O2. The monoisotopic (exact) mass is 535 g/mol. The molecule has 0 fully saturated rings. The van der Waals surface area contributed by atoms with Crippen molar-refractivity contribution in [3.05, 3.63) is 111 Å². The number of nitro groups is 1. The van der Waals surface area contributed by atoms with Crippen LogP contribution in [0.3, 0.4) is 0 Å². The van der Waals surface area contributed by atoms with Crippen molar-refractivity contribution in [2.75, 3.05) is 6.54 Å². The molecule has 0 atom stereocenters. The van der Waals surface area contributed by atoms with Crippen LogP contribution in [0.5, 0.6) is 0 Å². The highest BCUT2D eigenvalue weighted by Crippen LogP contribution is 2.31. The van der Waals surface area contributed by atoms with Gasteiger partial charge in [-0.3, -0.25) is 4.90 Å². The third-order valence-corrected chi connectivity index (χ3v) is 6.15. The average molecular weight is 535 g/mol. The van der Waals surface area contributed by atoms with Gasteiger partial charge < -0.3 is 10.1 Å². The van der Waals surface area contributed by atoms with Crippen LogP contribution in [0, 0.1) is 10.1 Å². The minimum atomic E-state index is -4.53. The maximum atomic E-state index is 13.2. The Balaban J connectivity index is 1.57. The third kappa shape index (κ3) is 6.52. The number of fused-ring (bicyclic) bond motifs is 1. The Morgan fingerprint density at radius 2 is 1.32 bits per heavy atom. The van der Waals surface area contributed by atoms with E-state index in [4.69, 9.17) is 0 Å². The highest BCUT2D eigenvalue weighted by molar-refractivity contribution is 5.83. The molecule has 0 N–H and O–H groups in total. The first-order valence-corrected chi connectivity index (χ1v) is 11.7. The molecule has 200 valence electrons. The van der Waals surface area contributed by atoms with Gasteiger partial charge in [0.25, 0.3) is 0 Å². The van der Waals surface area contributed by atoms with Crippen molar-refractivity contribution in [3.8, 4) is 0 Å². The van der Waals surface area contributed by atoms with Crippen LogP contribution in [0.25, 0.3) is 10.9 Å². The summed E-state index contributed by atoms with van der Waals surface area (Å²) >= 11 is 0. The van der Waals surface area contributed by atoms with Gasteiger partial charge in [-0.1, -0.05) is 54.6 Å². The highest BCUT2D eigenvalue weighted by Gasteiger charge is 2.31. The van der Waals surface area contributed by atoms with Crippen LogP contribution in [0.1, 0.15) is 28.7 Å². The summed E-state index contributed by atoms with van der Waals surface area (Å²) < 4.78 is 80.9. The number of aromatic nitrogens is 1. The van der Waals surface area contributed by atoms with Crippen LogP contribution >= 0.6 is 0 Å². The largest absolute Gasteiger partial charge is 0.416 e. The van der Waals surface area contributed by atoms with Gasteiger partial charge in [0.05, 0.1) is 17.7 Å². The van der Waals surface area contributed by atoms with E-state index in [1.165, 1.54) is 30.3 Å². The number of halogens is 6. The van der Waals surface area contributed by atoms with E-state index >= 15 is 0 Å². The number of benzene rings is 3. The van der Waals surface area contributed by atoms with Crippen LogP contribution in [0.4, 0.5) is 32.2 Å². The Bertz CT molecular complexity index is 1370. The van der Waals surface area contributed by atoms with E-state index in [1.54, 1.807) is 33.7 Å². The van der Waals surface area contributed by atoms with Gasteiger partial charge in [0.1, 0.15) is 5.52 Å². The third-order valence-electron chi connectivity index (χ3n) is 6.15. The maximum Gasteiger partial charge on any atom is 0.416 e. The SMILES string of the molecule is O=[N+]([O-])c1cc2ccccc2n1CCCN(Cc1cccc(C(F)(F)F)c1)Cc1cccc(C(F)(F)F)c1. The molecule has 0 spiro atoms. The van der Waals surface area contributed by atoms with Crippen molar-refractivity contribution in [1.82, 2.24) is 9.47 Å². The number of alkyl halides is 6. The topological polar surface area (TPSA) is 51.3 Å². The number of hydrogen-bond donors (Lipinski definition) is 0. The van der Waals surface area contributed by atoms with Crippen LogP contribution in [0.15, 0.2) is 78.9 Å². The Kier molecular flexibility index (Phi) is 7.77. The Morgan fingerprint density at radius 1 is 0.763 bits per heavy atom. The van der Waals surface area contributed by atoms with Crippen molar-refractivity contribution < 1.29 is 31.3 Å². The Morgan fingerprint density at radius 3 is 1.84 bits per heavy atom. The molecule has 0 aliphatic carbocycles. The molecule has 0 saturated heterocycles. The normalized spacial score (nSPS) is 12.4.